The van der Waals surface area contributed by atoms with Crippen LogP contribution in [-0.2, 0) is 11.0 Å². The molecule has 178 valence electrons. The Morgan fingerprint density at radius 2 is 1.65 bits per heavy atom. The van der Waals surface area contributed by atoms with Gasteiger partial charge < -0.3 is 10.4 Å². The van der Waals surface area contributed by atoms with E-state index in [0.717, 1.165) is 43.5 Å². The van der Waals surface area contributed by atoms with Crippen LogP contribution in [0.2, 0.25) is 0 Å². The molecule has 5 nitrogen and oxygen atoms in total. The van der Waals surface area contributed by atoms with Crippen LogP contribution in [0.25, 0.3) is 11.3 Å². The van der Waals surface area contributed by atoms with Crippen molar-refractivity contribution in [3.8, 4) is 11.3 Å². The molecule has 0 spiro atoms. The summed E-state index contributed by atoms with van der Waals surface area (Å²) < 4.78 is 52.6. The Kier molecular flexibility index (Phi) is 6.81. The van der Waals surface area contributed by atoms with E-state index in [2.05, 4.69) is 15.3 Å². The smallest absolute Gasteiger partial charge is 0.433 e. The SMILES string of the molecule is O=C(O)CC1CCC(c2ccc(-c3ncc(Nc4ccc(C(F)(F)F)nc4)cc3F)cc2)CC1. The third kappa shape index (κ3) is 5.70. The number of aliphatic carboxylic acids is 1. The molecule has 1 aliphatic carbocycles. The van der Waals surface area contributed by atoms with Crippen LogP contribution in [0.4, 0.5) is 28.9 Å². The molecular weight excluding hydrogens is 450 g/mol. The summed E-state index contributed by atoms with van der Waals surface area (Å²) in [7, 11) is 0. The molecule has 2 heterocycles. The van der Waals surface area contributed by atoms with Gasteiger partial charge in [-0.05, 0) is 55.2 Å². The van der Waals surface area contributed by atoms with E-state index in [1.54, 1.807) is 0 Å². The Balaban J connectivity index is 1.40. The Labute approximate surface area is 193 Å². The average Bonchev–Trinajstić information content (AvgIpc) is 2.79. The predicted octanol–water partition coefficient (Wildman–Crippen LogP) is 6.79. The first kappa shape index (κ1) is 23.7. The second-order valence-corrected chi connectivity index (χ2v) is 8.55. The number of carboxylic acids is 1. The first-order chi connectivity index (χ1) is 16.2. The van der Waals surface area contributed by atoms with Gasteiger partial charge in [0.15, 0.2) is 5.82 Å². The fraction of sp³-hybridized carbons (Fsp3) is 0.320. The number of carboxylic acid groups (broad SMARTS) is 1. The molecule has 34 heavy (non-hydrogen) atoms. The molecule has 1 fully saturated rings. The minimum Gasteiger partial charge on any atom is -0.481 e. The van der Waals surface area contributed by atoms with Crippen molar-refractivity contribution in [1.82, 2.24) is 9.97 Å². The van der Waals surface area contributed by atoms with Gasteiger partial charge >= 0.3 is 12.1 Å². The van der Waals surface area contributed by atoms with E-state index in [-0.39, 0.29) is 29.4 Å². The lowest BCUT2D eigenvalue weighted by Crippen LogP contribution is -2.16. The number of hydrogen-bond acceptors (Lipinski definition) is 4. The number of nitrogens with zero attached hydrogens (tertiary/aromatic N) is 2. The van der Waals surface area contributed by atoms with Gasteiger partial charge in [-0.3, -0.25) is 9.78 Å². The molecule has 0 amide bonds. The van der Waals surface area contributed by atoms with Crippen LogP contribution in [0.3, 0.4) is 0 Å². The van der Waals surface area contributed by atoms with Gasteiger partial charge in [-0.15, -0.1) is 0 Å². The number of carbonyl (C=O) groups is 1. The molecule has 3 aromatic rings. The third-order valence-electron chi connectivity index (χ3n) is 6.15. The molecule has 1 aliphatic rings. The van der Waals surface area contributed by atoms with E-state index in [0.29, 0.717) is 11.5 Å². The summed E-state index contributed by atoms with van der Waals surface area (Å²) in [4.78, 5) is 18.5. The number of nitrogens with one attached hydrogen (secondary N) is 1. The largest absolute Gasteiger partial charge is 0.481 e. The number of alkyl halides is 3. The van der Waals surface area contributed by atoms with Crippen LogP contribution >= 0.6 is 0 Å². The van der Waals surface area contributed by atoms with Crippen LogP contribution in [0.1, 0.15) is 49.3 Å². The first-order valence-electron chi connectivity index (χ1n) is 11.0. The van der Waals surface area contributed by atoms with Gasteiger partial charge in [-0.2, -0.15) is 13.2 Å². The van der Waals surface area contributed by atoms with E-state index in [1.807, 2.05) is 24.3 Å². The summed E-state index contributed by atoms with van der Waals surface area (Å²) >= 11 is 0. The summed E-state index contributed by atoms with van der Waals surface area (Å²) in [6, 6.07) is 10.8. The second-order valence-electron chi connectivity index (χ2n) is 8.55. The molecule has 4 rings (SSSR count). The van der Waals surface area contributed by atoms with Gasteiger partial charge in [-0.25, -0.2) is 9.37 Å². The number of halogens is 4. The van der Waals surface area contributed by atoms with Crippen molar-refractivity contribution in [2.45, 2.75) is 44.2 Å². The quantitative estimate of drug-likeness (QED) is 0.386. The lowest BCUT2D eigenvalue weighted by molar-refractivity contribution is -0.141. The molecule has 0 radical (unpaired) electrons. The highest BCUT2D eigenvalue weighted by Crippen LogP contribution is 2.38. The summed E-state index contributed by atoms with van der Waals surface area (Å²) in [6.07, 6.45) is 1.78. The molecule has 0 aliphatic heterocycles. The molecule has 1 saturated carbocycles. The Morgan fingerprint density at radius 3 is 2.21 bits per heavy atom. The van der Waals surface area contributed by atoms with Crippen LogP contribution in [0, 0.1) is 11.7 Å². The maximum absolute atomic E-state index is 14.7. The van der Waals surface area contributed by atoms with Gasteiger partial charge in [-0.1, -0.05) is 24.3 Å². The van der Waals surface area contributed by atoms with E-state index in [1.165, 1.54) is 18.3 Å². The molecule has 9 heteroatoms. The van der Waals surface area contributed by atoms with Crippen LogP contribution in [0.5, 0.6) is 0 Å². The molecular formula is C25H23F4N3O2. The zero-order chi connectivity index (χ0) is 24.3. The van der Waals surface area contributed by atoms with Gasteiger partial charge in [0.2, 0.25) is 0 Å². The lowest BCUT2D eigenvalue weighted by Gasteiger charge is -2.28. The van der Waals surface area contributed by atoms with Crippen molar-refractivity contribution >= 4 is 17.3 Å². The fourth-order valence-electron chi connectivity index (χ4n) is 4.38. The lowest BCUT2D eigenvalue weighted by atomic mass is 9.77. The van der Waals surface area contributed by atoms with Crippen molar-refractivity contribution in [2.75, 3.05) is 5.32 Å². The minimum atomic E-state index is -4.52. The van der Waals surface area contributed by atoms with Crippen molar-refractivity contribution < 1.29 is 27.5 Å². The first-order valence-corrected chi connectivity index (χ1v) is 11.0. The highest BCUT2D eigenvalue weighted by Gasteiger charge is 2.32. The molecule has 2 aromatic heterocycles. The summed E-state index contributed by atoms with van der Waals surface area (Å²) in [5, 5.41) is 11.8. The molecule has 2 N–H and O–H groups in total. The molecule has 0 bridgehead atoms. The standard InChI is InChI=1S/C25H23F4N3O2/c26-21-12-20(32-19-9-10-22(30-13-19)25(27,28)29)14-31-24(21)18-7-5-17(6-8-18)16-3-1-15(2-4-16)11-23(33)34/h5-10,12-16,32H,1-4,11H2,(H,33,34). The van der Waals surface area contributed by atoms with Crippen molar-refractivity contribution in [3.05, 3.63) is 71.9 Å². The molecule has 0 saturated heterocycles. The third-order valence-corrected chi connectivity index (χ3v) is 6.15. The van der Waals surface area contributed by atoms with Gasteiger partial charge in [0.05, 0.1) is 23.8 Å². The summed E-state index contributed by atoms with van der Waals surface area (Å²) in [6.45, 7) is 0. The summed E-state index contributed by atoms with van der Waals surface area (Å²) in [5.74, 6) is -0.719. The maximum Gasteiger partial charge on any atom is 0.433 e. The topological polar surface area (TPSA) is 75.1 Å². The predicted molar refractivity (Wildman–Crippen MR) is 119 cm³/mol. The minimum absolute atomic E-state index is 0.174. The van der Waals surface area contributed by atoms with Crippen LogP contribution < -0.4 is 5.32 Å². The number of benzene rings is 1. The average molecular weight is 473 g/mol. The molecule has 0 unspecified atom stereocenters. The Hall–Kier alpha value is -3.49. The fourth-order valence-corrected chi connectivity index (χ4v) is 4.38. The Bertz CT molecular complexity index is 1140. The number of pyridine rings is 2. The van der Waals surface area contributed by atoms with E-state index in [9.17, 15) is 22.4 Å². The van der Waals surface area contributed by atoms with Gasteiger partial charge in [0.1, 0.15) is 11.4 Å². The molecule has 0 atom stereocenters. The van der Waals surface area contributed by atoms with Crippen molar-refractivity contribution in [2.24, 2.45) is 5.92 Å². The Morgan fingerprint density at radius 1 is 0.971 bits per heavy atom. The summed E-state index contributed by atoms with van der Waals surface area (Å²) in [5.41, 5.74) is 1.50. The zero-order valence-corrected chi connectivity index (χ0v) is 18.1. The van der Waals surface area contributed by atoms with E-state index < -0.39 is 23.7 Å². The number of rotatable bonds is 6. The molecule has 1 aromatic carbocycles. The van der Waals surface area contributed by atoms with Gasteiger partial charge in [0.25, 0.3) is 0 Å². The van der Waals surface area contributed by atoms with Crippen molar-refractivity contribution in [3.63, 3.8) is 0 Å². The normalized spacial score (nSPS) is 18.5. The zero-order valence-electron chi connectivity index (χ0n) is 18.1. The number of anilines is 2. The van der Waals surface area contributed by atoms with Crippen molar-refractivity contribution in [1.29, 1.82) is 0 Å². The second kappa shape index (κ2) is 9.79. The van der Waals surface area contributed by atoms with E-state index in [4.69, 9.17) is 5.11 Å². The van der Waals surface area contributed by atoms with E-state index >= 15 is 0 Å². The van der Waals surface area contributed by atoms with Crippen LogP contribution in [-0.4, -0.2) is 21.0 Å². The maximum atomic E-state index is 14.7. The highest BCUT2D eigenvalue weighted by molar-refractivity contribution is 5.67. The van der Waals surface area contributed by atoms with Crippen LogP contribution in [0.15, 0.2) is 54.9 Å². The number of aromatic nitrogens is 2. The number of hydrogen-bond donors (Lipinski definition) is 2. The highest BCUT2D eigenvalue weighted by atomic mass is 19.4. The van der Waals surface area contributed by atoms with Gasteiger partial charge in [0, 0.05) is 18.1 Å². The monoisotopic (exact) mass is 473 g/mol.